The van der Waals surface area contributed by atoms with Crippen LogP contribution in [0.5, 0.6) is 5.75 Å². The number of rotatable bonds is 5. The van der Waals surface area contributed by atoms with Crippen molar-refractivity contribution in [2.75, 3.05) is 12.4 Å². The molecule has 0 radical (unpaired) electrons. The van der Waals surface area contributed by atoms with Gasteiger partial charge in [-0.2, -0.15) is 0 Å². The van der Waals surface area contributed by atoms with Crippen LogP contribution in [-0.4, -0.2) is 13.0 Å². The number of hydrogen-bond donors (Lipinski definition) is 2. The van der Waals surface area contributed by atoms with Crippen molar-refractivity contribution in [1.82, 2.24) is 0 Å². The van der Waals surface area contributed by atoms with Crippen molar-refractivity contribution >= 4 is 11.6 Å². The number of anilines is 1. The largest absolute Gasteiger partial charge is 0.497 e. The van der Waals surface area contributed by atoms with Crippen molar-refractivity contribution < 1.29 is 13.9 Å². The summed E-state index contributed by atoms with van der Waals surface area (Å²) in [5.41, 5.74) is 6.65. The zero-order valence-electron chi connectivity index (χ0n) is 11.9. The first-order chi connectivity index (χ1) is 10.0. The number of nitrogens with two attached hydrogens (primary N) is 1. The molecule has 0 aliphatic carbocycles. The molecule has 2 aromatic rings. The summed E-state index contributed by atoms with van der Waals surface area (Å²) >= 11 is 0. The number of carbonyl (C=O) groups is 1. The summed E-state index contributed by atoms with van der Waals surface area (Å²) in [6.07, 6.45) is 0. The molecule has 110 valence electrons. The average Bonchev–Trinajstić information content (AvgIpc) is 2.49. The van der Waals surface area contributed by atoms with E-state index in [-0.39, 0.29) is 11.6 Å². The van der Waals surface area contributed by atoms with Crippen molar-refractivity contribution in [3.63, 3.8) is 0 Å². The number of nitrogens with one attached hydrogen (secondary N) is 1. The van der Waals surface area contributed by atoms with Gasteiger partial charge in [0.15, 0.2) is 0 Å². The minimum Gasteiger partial charge on any atom is -0.497 e. The number of methoxy groups -OCH3 is 1. The second kappa shape index (κ2) is 6.26. The number of amides is 1. The van der Waals surface area contributed by atoms with Gasteiger partial charge in [-0.3, -0.25) is 4.79 Å². The molecule has 1 amide bonds. The van der Waals surface area contributed by atoms with Gasteiger partial charge in [0.1, 0.15) is 11.6 Å². The molecule has 4 nitrogen and oxygen atoms in total. The van der Waals surface area contributed by atoms with Gasteiger partial charge in [0.05, 0.1) is 12.7 Å². The molecule has 0 aliphatic rings. The van der Waals surface area contributed by atoms with Crippen molar-refractivity contribution in [2.45, 2.75) is 13.0 Å². The molecule has 0 saturated carbocycles. The highest BCUT2D eigenvalue weighted by Gasteiger charge is 2.11. The molecule has 21 heavy (non-hydrogen) atoms. The molecular weight excluding hydrogens is 271 g/mol. The van der Waals surface area contributed by atoms with Crippen LogP contribution in [0.3, 0.4) is 0 Å². The monoisotopic (exact) mass is 288 g/mol. The zero-order valence-corrected chi connectivity index (χ0v) is 11.9. The lowest BCUT2D eigenvalue weighted by atomic mass is 10.1. The SMILES string of the molecule is COc1cccc(C(C)Nc2ccc(F)c(C(N)=O)c2)c1. The number of hydrogen-bond acceptors (Lipinski definition) is 3. The number of carbonyl (C=O) groups excluding carboxylic acids is 1. The quantitative estimate of drug-likeness (QED) is 0.888. The fraction of sp³-hybridized carbons (Fsp3) is 0.188. The van der Waals surface area contributed by atoms with Crippen LogP contribution in [0.1, 0.15) is 28.9 Å². The Labute approximate surface area is 122 Å². The third-order valence-corrected chi connectivity index (χ3v) is 3.21. The van der Waals surface area contributed by atoms with Crippen molar-refractivity contribution in [2.24, 2.45) is 5.73 Å². The van der Waals surface area contributed by atoms with Crippen LogP contribution < -0.4 is 15.8 Å². The predicted molar refractivity (Wildman–Crippen MR) is 79.9 cm³/mol. The summed E-state index contributed by atoms with van der Waals surface area (Å²) < 4.78 is 18.6. The van der Waals surface area contributed by atoms with Gasteiger partial charge in [-0.1, -0.05) is 12.1 Å². The van der Waals surface area contributed by atoms with Gasteiger partial charge in [-0.25, -0.2) is 4.39 Å². The number of halogens is 1. The van der Waals surface area contributed by atoms with Crippen LogP contribution in [0.15, 0.2) is 42.5 Å². The molecule has 0 saturated heterocycles. The van der Waals surface area contributed by atoms with E-state index in [0.29, 0.717) is 5.69 Å². The molecule has 2 rings (SSSR count). The maximum absolute atomic E-state index is 13.4. The van der Waals surface area contributed by atoms with Crippen LogP contribution in [0, 0.1) is 5.82 Å². The second-order valence-electron chi connectivity index (χ2n) is 4.70. The lowest BCUT2D eigenvalue weighted by Gasteiger charge is -2.17. The molecule has 0 spiro atoms. The van der Waals surface area contributed by atoms with Crippen molar-refractivity contribution in [3.8, 4) is 5.75 Å². The highest BCUT2D eigenvalue weighted by atomic mass is 19.1. The van der Waals surface area contributed by atoms with E-state index >= 15 is 0 Å². The Bertz CT molecular complexity index is 658. The van der Waals surface area contributed by atoms with Crippen LogP contribution in [-0.2, 0) is 0 Å². The first-order valence-electron chi connectivity index (χ1n) is 6.51. The van der Waals surface area contributed by atoms with Crippen LogP contribution in [0.4, 0.5) is 10.1 Å². The lowest BCUT2D eigenvalue weighted by Crippen LogP contribution is -2.14. The molecule has 0 aliphatic heterocycles. The predicted octanol–water partition coefficient (Wildman–Crippen LogP) is 3.11. The summed E-state index contributed by atoms with van der Waals surface area (Å²) in [5, 5.41) is 3.20. The maximum Gasteiger partial charge on any atom is 0.251 e. The van der Waals surface area contributed by atoms with E-state index in [1.807, 2.05) is 31.2 Å². The lowest BCUT2D eigenvalue weighted by molar-refractivity contribution is 0.0996. The number of primary amides is 1. The highest BCUT2D eigenvalue weighted by molar-refractivity contribution is 5.94. The first-order valence-corrected chi connectivity index (χ1v) is 6.51. The minimum absolute atomic E-state index is 0.0358. The van der Waals surface area contributed by atoms with Gasteiger partial charge < -0.3 is 15.8 Å². The zero-order chi connectivity index (χ0) is 15.4. The highest BCUT2D eigenvalue weighted by Crippen LogP contribution is 2.23. The van der Waals surface area contributed by atoms with Crippen LogP contribution in [0.25, 0.3) is 0 Å². The summed E-state index contributed by atoms with van der Waals surface area (Å²) in [6.45, 7) is 1.96. The second-order valence-corrected chi connectivity index (χ2v) is 4.70. The van der Waals surface area contributed by atoms with Gasteiger partial charge >= 0.3 is 0 Å². The molecule has 0 bridgehead atoms. The molecule has 0 aromatic heterocycles. The molecule has 1 unspecified atom stereocenters. The Balaban J connectivity index is 2.21. The van der Waals surface area contributed by atoms with Crippen LogP contribution >= 0.6 is 0 Å². The topological polar surface area (TPSA) is 64.3 Å². The summed E-state index contributed by atoms with van der Waals surface area (Å²) in [4.78, 5) is 11.2. The van der Waals surface area contributed by atoms with E-state index in [0.717, 1.165) is 11.3 Å². The van der Waals surface area contributed by atoms with E-state index in [2.05, 4.69) is 5.32 Å². The molecule has 0 fully saturated rings. The van der Waals surface area contributed by atoms with E-state index in [1.165, 1.54) is 12.1 Å². The Morgan fingerprint density at radius 2 is 2.05 bits per heavy atom. The molecule has 0 heterocycles. The van der Waals surface area contributed by atoms with Gasteiger partial charge in [0.2, 0.25) is 0 Å². The standard InChI is InChI=1S/C16H17FN2O2/c1-10(11-4-3-5-13(8-11)21-2)19-12-6-7-15(17)14(9-12)16(18)20/h3-10,19H,1-2H3,(H2,18,20). The summed E-state index contributed by atoms with van der Waals surface area (Å²) in [7, 11) is 1.61. The van der Waals surface area contributed by atoms with E-state index in [4.69, 9.17) is 10.5 Å². The van der Waals surface area contributed by atoms with Gasteiger partial charge in [-0.15, -0.1) is 0 Å². The summed E-state index contributed by atoms with van der Waals surface area (Å²) in [6, 6.07) is 11.8. The molecule has 1 atom stereocenters. The van der Waals surface area contributed by atoms with Gasteiger partial charge in [0, 0.05) is 11.7 Å². The average molecular weight is 288 g/mol. The van der Waals surface area contributed by atoms with Gasteiger partial charge in [-0.05, 0) is 42.8 Å². The van der Waals surface area contributed by atoms with Crippen molar-refractivity contribution in [1.29, 1.82) is 0 Å². The molecule has 3 N–H and O–H groups in total. The van der Waals surface area contributed by atoms with E-state index in [1.54, 1.807) is 13.2 Å². The Kier molecular flexibility index (Phi) is 4.42. The number of benzene rings is 2. The first kappa shape index (κ1) is 14.8. The van der Waals surface area contributed by atoms with Crippen LogP contribution in [0.2, 0.25) is 0 Å². The third kappa shape index (κ3) is 3.51. The van der Waals surface area contributed by atoms with E-state index in [9.17, 15) is 9.18 Å². The van der Waals surface area contributed by atoms with Gasteiger partial charge in [0.25, 0.3) is 5.91 Å². The Morgan fingerprint density at radius 1 is 1.29 bits per heavy atom. The summed E-state index contributed by atoms with van der Waals surface area (Å²) in [5.74, 6) is -0.648. The van der Waals surface area contributed by atoms with E-state index < -0.39 is 11.7 Å². The van der Waals surface area contributed by atoms with Crippen molar-refractivity contribution in [3.05, 3.63) is 59.4 Å². The maximum atomic E-state index is 13.4. The third-order valence-electron chi connectivity index (χ3n) is 3.21. The molecule has 5 heteroatoms. The Morgan fingerprint density at radius 3 is 2.71 bits per heavy atom. The normalized spacial score (nSPS) is 11.8. The fourth-order valence-corrected chi connectivity index (χ4v) is 2.05. The molecular formula is C16H17FN2O2. The minimum atomic E-state index is -0.787. The smallest absolute Gasteiger partial charge is 0.251 e. The fourth-order valence-electron chi connectivity index (χ4n) is 2.05. The number of ether oxygens (including phenoxy) is 1. The Hall–Kier alpha value is -2.56. The molecule has 2 aromatic carbocycles.